The van der Waals surface area contributed by atoms with Gasteiger partial charge in [0.25, 0.3) is 0 Å². The molecule has 1 N–H and O–H groups in total. The molecule has 0 aliphatic carbocycles. The highest BCUT2D eigenvalue weighted by atomic mass is 16.5. The topological polar surface area (TPSA) is 40.1 Å². The zero-order chi connectivity index (χ0) is 18.8. The number of methoxy groups -OCH3 is 1. The molecule has 1 aromatic carbocycles. The molecule has 5 heteroatoms. The van der Waals surface area contributed by atoms with Crippen LogP contribution < -0.4 is 10.1 Å². The number of aliphatic imine (C=N–C) groups is 1. The molecular weight excluding hydrogens is 324 g/mol. The van der Waals surface area contributed by atoms with E-state index in [9.17, 15) is 0 Å². The van der Waals surface area contributed by atoms with E-state index in [2.05, 4.69) is 46.2 Å². The number of ether oxygens (including phenoxy) is 1. The Morgan fingerprint density at radius 3 is 2.69 bits per heavy atom. The predicted octanol–water partition coefficient (Wildman–Crippen LogP) is 3.36. The monoisotopic (exact) mass is 360 g/mol. The summed E-state index contributed by atoms with van der Waals surface area (Å²) in [6, 6.07) is 8.97. The first-order valence-corrected chi connectivity index (χ1v) is 9.92. The molecule has 1 aromatic rings. The standard InChI is InChI=1S/C21H36N4O/c1-18-9-5-7-15-25(18)16-8-6-14-23-21(22-2)24(3)17-19-10-12-20(26-4)13-11-19/h10-13,18H,5-9,14-17H2,1-4H3,(H,22,23). The molecule has 1 unspecified atom stereocenters. The molecule has 0 spiro atoms. The van der Waals surface area contributed by atoms with Crippen molar-refractivity contribution in [2.24, 2.45) is 4.99 Å². The molecule has 5 nitrogen and oxygen atoms in total. The Morgan fingerprint density at radius 2 is 2.04 bits per heavy atom. The molecule has 1 saturated heterocycles. The third-order valence-corrected chi connectivity index (χ3v) is 5.25. The first kappa shape index (κ1) is 20.6. The van der Waals surface area contributed by atoms with Gasteiger partial charge in [-0.2, -0.15) is 0 Å². The average Bonchev–Trinajstić information content (AvgIpc) is 2.66. The van der Waals surface area contributed by atoms with Crippen LogP contribution in [-0.2, 0) is 6.54 Å². The number of nitrogens with one attached hydrogen (secondary N) is 1. The maximum Gasteiger partial charge on any atom is 0.193 e. The Labute approximate surface area is 159 Å². The molecule has 1 heterocycles. The molecule has 146 valence electrons. The van der Waals surface area contributed by atoms with Crippen LogP contribution in [-0.4, -0.2) is 62.6 Å². The van der Waals surface area contributed by atoms with Crippen molar-refractivity contribution in [3.63, 3.8) is 0 Å². The van der Waals surface area contributed by atoms with E-state index in [0.29, 0.717) is 0 Å². The first-order valence-electron chi connectivity index (χ1n) is 9.92. The normalized spacial score (nSPS) is 18.6. The highest BCUT2D eigenvalue weighted by molar-refractivity contribution is 5.79. The van der Waals surface area contributed by atoms with E-state index >= 15 is 0 Å². The molecular formula is C21H36N4O. The first-order chi connectivity index (χ1) is 12.6. The van der Waals surface area contributed by atoms with Gasteiger partial charge in [-0.3, -0.25) is 4.99 Å². The van der Waals surface area contributed by atoms with E-state index in [1.54, 1.807) is 7.11 Å². The predicted molar refractivity (Wildman–Crippen MR) is 110 cm³/mol. The van der Waals surface area contributed by atoms with E-state index < -0.39 is 0 Å². The zero-order valence-electron chi connectivity index (χ0n) is 17.0. The van der Waals surface area contributed by atoms with Gasteiger partial charge in [-0.25, -0.2) is 0 Å². The molecule has 0 aromatic heterocycles. The lowest BCUT2D eigenvalue weighted by molar-refractivity contribution is 0.158. The fourth-order valence-electron chi connectivity index (χ4n) is 3.59. The number of nitrogens with zero attached hydrogens (tertiary/aromatic N) is 3. The van der Waals surface area contributed by atoms with Crippen molar-refractivity contribution in [3.8, 4) is 5.75 Å². The number of unbranched alkanes of at least 4 members (excludes halogenated alkanes) is 1. The summed E-state index contributed by atoms with van der Waals surface area (Å²) in [4.78, 5) is 9.22. The van der Waals surface area contributed by atoms with Gasteiger partial charge < -0.3 is 19.9 Å². The minimum absolute atomic E-state index is 0.764. The fourth-order valence-corrected chi connectivity index (χ4v) is 3.59. The van der Waals surface area contributed by atoms with Crippen LogP contribution in [0.3, 0.4) is 0 Å². The number of benzene rings is 1. The van der Waals surface area contributed by atoms with Crippen LogP contribution >= 0.6 is 0 Å². The SMILES string of the molecule is CN=C(NCCCCN1CCCCC1C)N(C)Cc1ccc(OC)cc1. The van der Waals surface area contributed by atoms with Crippen LogP contribution in [0, 0.1) is 0 Å². The molecule has 2 rings (SSSR count). The summed E-state index contributed by atoms with van der Waals surface area (Å²) in [5, 5.41) is 3.49. The molecule has 0 amide bonds. The highest BCUT2D eigenvalue weighted by Gasteiger charge is 2.17. The minimum Gasteiger partial charge on any atom is -0.497 e. The lowest BCUT2D eigenvalue weighted by atomic mass is 10.0. The molecule has 0 saturated carbocycles. The van der Waals surface area contributed by atoms with Crippen molar-refractivity contribution in [2.45, 2.75) is 51.6 Å². The Bertz CT molecular complexity index is 543. The van der Waals surface area contributed by atoms with E-state index in [1.807, 2.05) is 19.2 Å². The van der Waals surface area contributed by atoms with Crippen LogP contribution in [0.1, 0.15) is 44.6 Å². The maximum atomic E-state index is 5.22. The average molecular weight is 361 g/mol. The second-order valence-corrected chi connectivity index (χ2v) is 7.27. The van der Waals surface area contributed by atoms with Gasteiger partial charge in [0.1, 0.15) is 5.75 Å². The quantitative estimate of drug-likeness (QED) is 0.438. The summed E-state index contributed by atoms with van der Waals surface area (Å²) in [5.41, 5.74) is 1.25. The van der Waals surface area contributed by atoms with Gasteiger partial charge in [0.05, 0.1) is 7.11 Å². The van der Waals surface area contributed by atoms with Gasteiger partial charge in [-0.05, 0) is 63.4 Å². The smallest absolute Gasteiger partial charge is 0.193 e. The number of likely N-dealkylation sites (tertiary alicyclic amines) is 1. The number of piperidine rings is 1. The Morgan fingerprint density at radius 1 is 1.27 bits per heavy atom. The van der Waals surface area contributed by atoms with Gasteiger partial charge in [0, 0.05) is 33.2 Å². The van der Waals surface area contributed by atoms with Gasteiger partial charge in [0.2, 0.25) is 0 Å². The molecule has 1 aliphatic heterocycles. The van der Waals surface area contributed by atoms with Gasteiger partial charge in [-0.1, -0.05) is 18.6 Å². The van der Waals surface area contributed by atoms with E-state index in [1.165, 1.54) is 50.8 Å². The highest BCUT2D eigenvalue weighted by Crippen LogP contribution is 2.16. The number of hydrogen-bond acceptors (Lipinski definition) is 3. The Hall–Kier alpha value is -1.75. The number of guanidine groups is 1. The summed E-state index contributed by atoms with van der Waals surface area (Å²) in [6.45, 7) is 6.67. The summed E-state index contributed by atoms with van der Waals surface area (Å²) in [7, 11) is 5.62. The van der Waals surface area contributed by atoms with Crippen LogP contribution in [0.5, 0.6) is 5.75 Å². The maximum absolute atomic E-state index is 5.22. The summed E-state index contributed by atoms with van der Waals surface area (Å²) >= 11 is 0. The number of rotatable bonds is 8. The van der Waals surface area contributed by atoms with E-state index in [4.69, 9.17) is 4.74 Å². The Kier molecular flexibility index (Phi) is 8.75. The second kappa shape index (κ2) is 11.1. The van der Waals surface area contributed by atoms with Crippen LogP contribution in [0.15, 0.2) is 29.3 Å². The summed E-state index contributed by atoms with van der Waals surface area (Å²) in [6.07, 6.45) is 6.55. The van der Waals surface area contributed by atoms with Crippen molar-refractivity contribution in [1.82, 2.24) is 15.1 Å². The zero-order valence-corrected chi connectivity index (χ0v) is 17.0. The lowest BCUT2D eigenvalue weighted by Gasteiger charge is -2.33. The molecule has 1 atom stereocenters. The second-order valence-electron chi connectivity index (χ2n) is 7.27. The van der Waals surface area contributed by atoms with Crippen molar-refractivity contribution in [3.05, 3.63) is 29.8 Å². The summed E-state index contributed by atoms with van der Waals surface area (Å²) in [5.74, 6) is 1.84. The van der Waals surface area contributed by atoms with E-state index in [0.717, 1.165) is 30.8 Å². The summed E-state index contributed by atoms with van der Waals surface area (Å²) < 4.78 is 5.22. The van der Waals surface area contributed by atoms with Crippen LogP contribution in [0.4, 0.5) is 0 Å². The number of hydrogen-bond donors (Lipinski definition) is 1. The van der Waals surface area contributed by atoms with E-state index in [-0.39, 0.29) is 0 Å². The van der Waals surface area contributed by atoms with Crippen molar-refractivity contribution in [1.29, 1.82) is 0 Å². The molecule has 1 fully saturated rings. The molecule has 26 heavy (non-hydrogen) atoms. The van der Waals surface area contributed by atoms with Crippen molar-refractivity contribution >= 4 is 5.96 Å². The fraction of sp³-hybridized carbons (Fsp3) is 0.667. The minimum atomic E-state index is 0.764. The molecule has 1 aliphatic rings. The van der Waals surface area contributed by atoms with Crippen LogP contribution in [0.2, 0.25) is 0 Å². The van der Waals surface area contributed by atoms with Gasteiger partial charge in [0.15, 0.2) is 5.96 Å². The van der Waals surface area contributed by atoms with Crippen molar-refractivity contribution < 1.29 is 4.74 Å². The van der Waals surface area contributed by atoms with Crippen molar-refractivity contribution in [2.75, 3.05) is 40.8 Å². The third kappa shape index (κ3) is 6.52. The van der Waals surface area contributed by atoms with Gasteiger partial charge in [-0.15, -0.1) is 0 Å². The van der Waals surface area contributed by atoms with Crippen LogP contribution in [0.25, 0.3) is 0 Å². The third-order valence-electron chi connectivity index (χ3n) is 5.25. The van der Waals surface area contributed by atoms with Gasteiger partial charge >= 0.3 is 0 Å². The molecule has 0 radical (unpaired) electrons. The Balaban J connectivity index is 1.67. The largest absolute Gasteiger partial charge is 0.497 e. The molecule has 0 bridgehead atoms. The lowest BCUT2D eigenvalue weighted by Crippen LogP contribution is -2.40.